The van der Waals surface area contributed by atoms with Crippen molar-refractivity contribution in [1.29, 1.82) is 0 Å². The number of nitrogens with zero attached hydrogens (tertiary/aromatic N) is 1. The van der Waals surface area contributed by atoms with Crippen molar-refractivity contribution in [3.63, 3.8) is 0 Å². The van der Waals surface area contributed by atoms with Gasteiger partial charge in [0.1, 0.15) is 5.75 Å². The molecule has 0 fully saturated rings. The molecule has 0 amide bonds. The van der Waals surface area contributed by atoms with Gasteiger partial charge in [-0.15, -0.1) is 11.3 Å². The van der Waals surface area contributed by atoms with Crippen LogP contribution in [0.1, 0.15) is 12.5 Å². The number of anilines is 1. The van der Waals surface area contributed by atoms with Crippen LogP contribution in [0, 0.1) is 0 Å². The molecule has 0 unspecified atom stereocenters. The van der Waals surface area contributed by atoms with Gasteiger partial charge in [0.2, 0.25) is 0 Å². The van der Waals surface area contributed by atoms with E-state index in [9.17, 15) is 0 Å². The highest BCUT2D eigenvalue weighted by molar-refractivity contribution is 9.10. The van der Waals surface area contributed by atoms with Crippen molar-refractivity contribution in [2.75, 3.05) is 11.9 Å². The first-order valence-corrected chi connectivity index (χ1v) is 7.01. The van der Waals surface area contributed by atoms with Gasteiger partial charge in [-0.1, -0.05) is 15.9 Å². The molecule has 0 atom stereocenters. The molecule has 1 heterocycles. The second kappa shape index (κ2) is 6.02. The van der Waals surface area contributed by atoms with Crippen LogP contribution in [-0.4, -0.2) is 11.6 Å². The van der Waals surface area contributed by atoms with Crippen LogP contribution >= 0.6 is 27.3 Å². The fraction of sp³-hybridized carbons (Fsp3) is 0.250. The molecule has 0 saturated heterocycles. The summed E-state index contributed by atoms with van der Waals surface area (Å²) in [4.78, 5) is 4.18. The standard InChI is InChI=1S/C12H13BrN2OS/c1-2-16-11-4-3-10(13)7-9(11)8-15-12-14-5-6-17-12/h3-7H,2,8H2,1H3,(H,14,15). The van der Waals surface area contributed by atoms with E-state index in [0.29, 0.717) is 13.2 Å². The lowest BCUT2D eigenvalue weighted by molar-refractivity contribution is 0.337. The highest BCUT2D eigenvalue weighted by Gasteiger charge is 2.04. The monoisotopic (exact) mass is 312 g/mol. The van der Waals surface area contributed by atoms with Crippen molar-refractivity contribution in [2.45, 2.75) is 13.5 Å². The summed E-state index contributed by atoms with van der Waals surface area (Å²) in [5.74, 6) is 0.916. The van der Waals surface area contributed by atoms with Crippen LogP contribution in [0.5, 0.6) is 5.75 Å². The topological polar surface area (TPSA) is 34.1 Å². The largest absolute Gasteiger partial charge is 0.494 e. The lowest BCUT2D eigenvalue weighted by Gasteiger charge is -2.11. The van der Waals surface area contributed by atoms with Gasteiger partial charge in [-0.3, -0.25) is 0 Å². The first-order chi connectivity index (χ1) is 8.29. The van der Waals surface area contributed by atoms with Crippen molar-refractivity contribution in [1.82, 2.24) is 4.98 Å². The van der Waals surface area contributed by atoms with Crippen molar-refractivity contribution >= 4 is 32.4 Å². The molecule has 0 saturated carbocycles. The number of nitrogens with one attached hydrogen (secondary N) is 1. The summed E-state index contributed by atoms with van der Waals surface area (Å²) < 4.78 is 6.64. The number of thiazole rings is 1. The molecule has 2 rings (SSSR count). The number of halogens is 1. The van der Waals surface area contributed by atoms with Crippen LogP contribution in [0.2, 0.25) is 0 Å². The van der Waals surface area contributed by atoms with E-state index in [0.717, 1.165) is 20.9 Å². The van der Waals surface area contributed by atoms with Gasteiger partial charge in [0.05, 0.1) is 6.61 Å². The lowest BCUT2D eigenvalue weighted by Crippen LogP contribution is -2.03. The minimum absolute atomic E-state index is 0.673. The lowest BCUT2D eigenvalue weighted by atomic mass is 10.2. The van der Waals surface area contributed by atoms with Crippen molar-refractivity contribution in [3.05, 3.63) is 39.8 Å². The third-order valence-electron chi connectivity index (χ3n) is 2.18. The molecular formula is C12H13BrN2OS. The van der Waals surface area contributed by atoms with Gasteiger partial charge in [-0.25, -0.2) is 4.98 Å². The summed E-state index contributed by atoms with van der Waals surface area (Å²) in [6, 6.07) is 6.02. The Morgan fingerprint density at radius 1 is 1.47 bits per heavy atom. The van der Waals surface area contributed by atoms with Crippen molar-refractivity contribution < 1.29 is 4.74 Å². The molecule has 3 nitrogen and oxygen atoms in total. The van der Waals surface area contributed by atoms with Crippen molar-refractivity contribution in [2.24, 2.45) is 0 Å². The molecule has 0 spiro atoms. The van der Waals surface area contributed by atoms with Crippen LogP contribution in [0.25, 0.3) is 0 Å². The predicted molar refractivity (Wildman–Crippen MR) is 74.8 cm³/mol. The van der Waals surface area contributed by atoms with Gasteiger partial charge in [0.25, 0.3) is 0 Å². The van der Waals surface area contributed by atoms with E-state index in [4.69, 9.17) is 4.74 Å². The zero-order valence-electron chi connectivity index (χ0n) is 9.44. The number of hydrogen-bond acceptors (Lipinski definition) is 4. The van der Waals surface area contributed by atoms with Crippen LogP contribution in [0.3, 0.4) is 0 Å². The molecule has 1 aromatic heterocycles. The zero-order chi connectivity index (χ0) is 12.1. The van der Waals surface area contributed by atoms with Gasteiger partial charge in [0.15, 0.2) is 5.13 Å². The number of aromatic nitrogens is 1. The number of ether oxygens (including phenoxy) is 1. The Kier molecular flexibility index (Phi) is 4.39. The zero-order valence-corrected chi connectivity index (χ0v) is 11.8. The van der Waals surface area contributed by atoms with Crippen LogP contribution < -0.4 is 10.1 Å². The maximum Gasteiger partial charge on any atom is 0.182 e. The first-order valence-electron chi connectivity index (χ1n) is 5.34. The first kappa shape index (κ1) is 12.4. The molecule has 0 aliphatic rings. The SMILES string of the molecule is CCOc1ccc(Br)cc1CNc1nccs1. The number of rotatable bonds is 5. The van der Waals surface area contributed by atoms with Gasteiger partial charge < -0.3 is 10.1 Å². The molecule has 0 aliphatic heterocycles. The predicted octanol–water partition coefficient (Wildman–Crippen LogP) is 3.92. The highest BCUT2D eigenvalue weighted by Crippen LogP contribution is 2.24. The molecule has 1 aromatic carbocycles. The van der Waals surface area contributed by atoms with Crippen molar-refractivity contribution in [3.8, 4) is 5.75 Å². The van der Waals surface area contributed by atoms with Gasteiger partial charge in [0, 0.05) is 28.2 Å². The van der Waals surface area contributed by atoms with Crippen LogP contribution in [0.15, 0.2) is 34.2 Å². The van der Waals surface area contributed by atoms with Gasteiger partial charge >= 0.3 is 0 Å². The maximum atomic E-state index is 5.58. The second-order valence-corrected chi connectivity index (χ2v) is 5.19. The summed E-state index contributed by atoms with van der Waals surface area (Å²) in [6.45, 7) is 3.37. The molecule has 2 aromatic rings. The molecule has 17 heavy (non-hydrogen) atoms. The minimum atomic E-state index is 0.673. The molecular weight excluding hydrogens is 300 g/mol. The quantitative estimate of drug-likeness (QED) is 0.908. The third kappa shape index (κ3) is 3.44. The molecule has 1 N–H and O–H groups in total. The summed E-state index contributed by atoms with van der Waals surface area (Å²) >= 11 is 5.06. The molecule has 0 aliphatic carbocycles. The Labute approximate surface area is 113 Å². The van der Waals surface area contributed by atoms with E-state index in [1.165, 1.54) is 0 Å². The Morgan fingerprint density at radius 2 is 2.35 bits per heavy atom. The summed E-state index contributed by atoms with van der Waals surface area (Å²) in [6.07, 6.45) is 1.79. The Hall–Kier alpha value is -1.07. The van der Waals surface area contributed by atoms with Gasteiger partial charge in [-0.05, 0) is 25.1 Å². The Morgan fingerprint density at radius 3 is 3.06 bits per heavy atom. The summed E-state index contributed by atoms with van der Waals surface area (Å²) in [5, 5.41) is 6.15. The molecule has 0 bridgehead atoms. The highest BCUT2D eigenvalue weighted by atomic mass is 79.9. The van der Waals surface area contributed by atoms with E-state index in [1.807, 2.05) is 24.4 Å². The van der Waals surface area contributed by atoms with E-state index >= 15 is 0 Å². The fourth-order valence-electron chi connectivity index (χ4n) is 1.46. The van der Waals surface area contributed by atoms with E-state index in [1.54, 1.807) is 17.5 Å². The summed E-state index contributed by atoms with van der Waals surface area (Å²) in [5.41, 5.74) is 1.12. The Bertz CT molecular complexity index is 473. The molecule has 90 valence electrons. The smallest absolute Gasteiger partial charge is 0.182 e. The van der Waals surface area contributed by atoms with Gasteiger partial charge in [-0.2, -0.15) is 0 Å². The van der Waals surface area contributed by atoms with Crippen LogP contribution in [0.4, 0.5) is 5.13 Å². The maximum absolute atomic E-state index is 5.58. The number of hydrogen-bond donors (Lipinski definition) is 1. The second-order valence-electron chi connectivity index (χ2n) is 3.38. The van der Waals surface area contributed by atoms with Crippen LogP contribution in [-0.2, 0) is 6.54 Å². The van der Waals surface area contributed by atoms with E-state index < -0.39 is 0 Å². The minimum Gasteiger partial charge on any atom is -0.494 e. The average molecular weight is 313 g/mol. The number of benzene rings is 1. The normalized spacial score (nSPS) is 10.2. The third-order valence-corrected chi connectivity index (χ3v) is 3.41. The van der Waals surface area contributed by atoms with E-state index in [2.05, 4.69) is 32.3 Å². The average Bonchev–Trinajstić information content (AvgIpc) is 2.82. The molecule has 5 heteroatoms. The summed E-state index contributed by atoms with van der Waals surface area (Å²) in [7, 11) is 0. The molecule has 0 radical (unpaired) electrons. The fourth-order valence-corrected chi connectivity index (χ4v) is 2.40. The Balaban J connectivity index is 2.10. The van der Waals surface area contributed by atoms with E-state index in [-0.39, 0.29) is 0 Å².